The van der Waals surface area contributed by atoms with Crippen LogP contribution in [-0.2, 0) is 4.74 Å². The first-order chi connectivity index (χ1) is 11.3. The summed E-state index contributed by atoms with van der Waals surface area (Å²) in [4.78, 5) is 12.1. The van der Waals surface area contributed by atoms with Crippen LogP contribution < -0.4 is 5.73 Å². The van der Waals surface area contributed by atoms with E-state index in [-0.39, 0.29) is 11.4 Å². The Morgan fingerprint density at radius 2 is 2.17 bits per heavy atom. The van der Waals surface area contributed by atoms with Crippen molar-refractivity contribution < 1.29 is 20.1 Å². The normalized spacial score (nSPS) is 40.7. The molecule has 1 aliphatic carbocycles. The molecule has 1 saturated carbocycles. The highest BCUT2D eigenvalue weighted by molar-refractivity contribution is 6.25. The summed E-state index contributed by atoms with van der Waals surface area (Å²) in [6, 6.07) is 0. The molecule has 1 unspecified atom stereocenters. The van der Waals surface area contributed by atoms with Crippen molar-refractivity contribution in [1.29, 1.82) is 0 Å². The minimum Gasteiger partial charge on any atom is -0.393 e. The first-order valence-electron chi connectivity index (χ1n) is 7.22. The number of aliphatic hydroxyl groups is 3. The van der Waals surface area contributed by atoms with Gasteiger partial charge in [-0.3, -0.25) is 4.57 Å². The minimum atomic E-state index is -1.95. The van der Waals surface area contributed by atoms with Crippen molar-refractivity contribution in [1.82, 2.24) is 19.5 Å². The number of halogens is 1. The first-order valence-corrected chi connectivity index (χ1v) is 7.66. The van der Waals surface area contributed by atoms with Crippen molar-refractivity contribution in [3.63, 3.8) is 0 Å². The van der Waals surface area contributed by atoms with Gasteiger partial charge in [0.1, 0.15) is 22.8 Å². The molecule has 9 nitrogen and oxygen atoms in total. The fraction of sp³-hybridized carbons (Fsp3) is 0.500. The molecule has 0 aromatic carbocycles. The number of anilines is 1. The van der Waals surface area contributed by atoms with Gasteiger partial charge in [-0.25, -0.2) is 15.0 Å². The molecule has 5 atom stereocenters. The standard InChI is InChI=1S/C14H16ClN5O4/c1-6(2)13(22)11(24-12(3-21)10(15)14(12,13)23)20-5-19-7-8(16)17-4-18-9(7)20/h4-5,10-11,21-23H,1,3H2,2H3,(H2,16,17,18)/t10?,11-,12+,13+,14-/m1/s1. The molecule has 3 heterocycles. The van der Waals surface area contributed by atoms with Crippen molar-refractivity contribution in [2.75, 3.05) is 12.3 Å². The van der Waals surface area contributed by atoms with Gasteiger partial charge in [0.2, 0.25) is 0 Å². The number of nitrogens with two attached hydrogens (primary N) is 1. The number of fused-ring (bicyclic) bond motifs is 2. The summed E-state index contributed by atoms with van der Waals surface area (Å²) in [5, 5.41) is 31.0. The number of aliphatic hydroxyl groups excluding tert-OH is 1. The Hall–Kier alpha value is -1.78. The molecular formula is C14H16ClN5O4. The average Bonchev–Trinajstić information content (AvgIpc) is 2.86. The summed E-state index contributed by atoms with van der Waals surface area (Å²) in [6.07, 6.45) is 1.49. The summed E-state index contributed by atoms with van der Waals surface area (Å²) in [6.45, 7) is 4.75. The Balaban J connectivity index is 1.92. The summed E-state index contributed by atoms with van der Waals surface area (Å²) < 4.78 is 7.26. The smallest absolute Gasteiger partial charge is 0.173 e. The Bertz CT molecular complexity index is 874. The molecule has 1 aliphatic heterocycles. The second-order valence-corrected chi connectivity index (χ2v) is 6.71. The first kappa shape index (κ1) is 15.7. The highest BCUT2D eigenvalue weighted by atomic mass is 35.5. The molecule has 5 N–H and O–H groups in total. The molecule has 0 radical (unpaired) electrons. The lowest BCUT2D eigenvalue weighted by Gasteiger charge is -2.36. The van der Waals surface area contributed by atoms with Crippen LogP contribution in [-0.4, -0.2) is 63.6 Å². The maximum atomic E-state index is 11.3. The molecule has 128 valence electrons. The lowest BCUT2D eigenvalue weighted by molar-refractivity contribution is -0.129. The van der Waals surface area contributed by atoms with Gasteiger partial charge in [0.15, 0.2) is 28.9 Å². The summed E-state index contributed by atoms with van der Waals surface area (Å²) in [5.41, 5.74) is 1.32. The van der Waals surface area contributed by atoms with Crippen molar-refractivity contribution in [2.45, 2.75) is 35.3 Å². The molecule has 0 spiro atoms. The maximum absolute atomic E-state index is 11.3. The van der Waals surface area contributed by atoms with E-state index in [1.807, 2.05) is 0 Å². The lowest BCUT2D eigenvalue weighted by atomic mass is 9.85. The van der Waals surface area contributed by atoms with Crippen molar-refractivity contribution >= 4 is 28.6 Å². The van der Waals surface area contributed by atoms with Gasteiger partial charge < -0.3 is 25.8 Å². The van der Waals surface area contributed by atoms with Crippen LogP contribution in [0, 0.1) is 0 Å². The Kier molecular flexibility index (Phi) is 2.91. The fourth-order valence-electron chi connectivity index (χ4n) is 3.66. The largest absolute Gasteiger partial charge is 0.393 e. The van der Waals surface area contributed by atoms with E-state index in [2.05, 4.69) is 21.5 Å². The maximum Gasteiger partial charge on any atom is 0.173 e. The van der Waals surface area contributed by atoms with Gasteiger partial charge in [0.05, 0.1) is 12.9 Å². The molecule has 2 aromatic heterocycles. The summed E-state index contributed by atoms with van der Waals surface area (Å²) >= 11 is 6.14. The number of ether oxygens (including phenoxy) is 1. The predicted molar refractivity (Wildman–Crippen MR) is 84.0 cm³/mol. The molecule has 0 bridgehead atoms. The molecule has 1 saturated heterocycles. The van der Waals surface area contributed by atoms with E-state index in [9.17, 15) is 15.3 Å². The lowest BCUT2D eigenvalue weighted by Crippen LogP contribution is -2.51. The molecule has 10 heteroatoms. The average molecular weight is 354 g/mol. The zero-order valence-corrected chi connectivity index (χ0v) is 13.5. The number of nitrogen functional groups attached to an aromatic ring is 1. The topological polar surface area (TPSA) is 140 Å². The van der Waals surface area contributed by atoms with Crippen LogP contribution in [0.25, 0.3) is 11.2 Å². The molecule has 2 aliphatic rings. The summed E-state index contributed by atoms with van der Waals surface area (Å²) in [7, 11) is 0. The highest BCUT2D eigenvalue weighted by Crippen LogP contribution is 2.70. The van der Waals surface area contributed by atoms with Gasteiger partial charge in [0.25, 0.3) is 0 Å². The molecule has 2 aromatic rings. The van der Waals surface area contributed by atoms with Crippen LogP contribution in [0.2, 0.25) is 0 Å². The zero-order valence-electron chi connectivity index (χ0n) is 12.7. The quantitative estimate of drug-likeness (QED) is 0.420. The third kappa shape index (κ3) is 1.39. The number of aromatic nitrogens is 4. The van der Waals surface area contributed by atoms with Gasteiger partial charge in [-0.2, -0.15) is 0 Å². The monoisotopic (exact) mass is 353 g/mol. The van der Waals surface area contributed by atoms with Crippen LogP contribution in [0.1, 0.15) is 13.2 Å². The fourth-order valence-corrected chi connectivity index (χ4v) is 4.23. The Morgan fingerprint density at radius 1 is 1.46 bits per heavy atom. The number of alkyl halides is 1. The highest BCUT2D eigenvalue weighted by Gasteiger charge is 2.92. The van der Waals surface area contributed by atoms with Crippen molar-refractivity contribution in [3.8, 4) is 0 Å². The Morgan fingerprint density at radius 3 is 2.79 bits per heavy atom. The Labute approximate surface area is 141 Å². The van der Waals surface area contributed by atoms with Crippen LogP contribution in [0.5, 0.6) is 0 Å². The number of nitrogens with zero attached hydrogens (tertiary/aromatic N) is 4. The third-order valence-corrected chi connectivity index (χ3v) is 5.79. The third-order valence-electron chi connectivity index (χ3n) is 5.12. The van der Waals surface area contributed by atoms with Gasteiger partial charge in [-0.1, -0.05) is 6.58 Å². The number of imidazole rings is 1. The number of rotatable bonds is 3. The van der Waals surface area contributed by atoms with Gasteiger partial charge in [0, 0.05) is 0 Å². The van der Waals surface area contributed by atoms with E-state index in [0.29, 0.717) is 11.2 Å². The molecular weight excluding hydrogens is 338 g/mol. The van der Waals surface area contributed by atoms with Gasteiger partial charge >= 0.3 is 0 Å². The van der Waals surface area contributed by atoms with E-state index in [0.717, 1.165) is 0 Å². The number of hydrogen-bond acceptors (Lipinski definition) is 8. The second-order valence-electron chi connectivity index (χ2n) is 6.28. The second kappa shape index (κ2) is 4.44. The molecule has 24 heavy (non-hydrogen) atoms. The van der Waals surface area contributed by atoms with Gasteiger partial charge in [-0.05, 0) is 12.5 Å². The predicted octanol–water partition coefficient (Wildman–Crippen LogP) is -0.672. The van der Waals surface area contributed by atoms with E-state index in [4.69, 9.17) is 22.1 Å². The minimum absolute atomic E-state index is 0.173. The summed E-state index contributed by atoms with van der Waals surface area (Å²) in [5.74, 6) is 0.173. The van der Waals surface area contributed by atoms with Crippen molar-refractivity contribution in [2.24, 2.45) is 0 Å². The number of hydrogen-bond donors (Lipinski definition) is 4. The SMILES string of the molecule is C=C(C)[C@]1(O)[C@H](n2cnc3c(N)ncnc32)O[C@@]2(CO)C(Cl)[C@@]21O. The van der Waals surface area contributed by atoms with Crippen LogP contribution in [0.3, 0.4) is 0 Å². The molecule has 0 amide bonds. The zero-order chi connectivity index (χ0) is 17.5. The van der Waals surface area contributed by atoms with E-state index < -0.39 is 35.0 Å². The van der Waals surface area contributed by atoms with Crippen LogP contribution in [0.4, 0.5) is 5.82 Å². The molecule has 2 fully saturated rings. The van der Waals surface area contributed by atoms with E-state index in [1.165, 1.54) is 17.2 Å². The van der Waals surface area contributed by atoms with Gasteiger partial charge in [-0.15, -0.1) is 11.6 Å². The van der Waals surface area contributed by atoms with Crippen LogP contribution in [0.15, 0.2) is 24.8 Å². The van der Waals surface area contributed by atoms with Crippen LogP contribution >= 0.6 is 11.6 Å². The molecule has 4 rings (SSSR count). The van der Waals surface area contributed by atoms with E-state index >= 15 is 0 Å². The van der Waals surface area contributed by atoms with Crippen molar-refractivity contribution in [3.05, 3.63) is 24.8 Å². The van der Waals surface area contributed by atoms with E-state index in [1.54, 1.807) is 6.92 Å².